The molecule has 8 heteroatoms. The Morgan fingerprint density at radius 1 is 1.12 bits per heavy atom. The highest BCUT2D eigenvalue weighted by molar-refractivity contribution is 6.31. The van der Waals surface area contributed by atoms with E-state index in [0.29, 0.717) is 11.6 Å². The number of carbonyl (C=O) groups excluding carboxylic acids is 2. The Morgan fingerprint density at radius 2 is 1.84 bits per heavy atom. The number of carbonyl (C=O) groups is 2. The Labute approximate surface area is 146 Å². The van der Waals surface area contributed by atoms with E-state index in [0.717, 1.165) is 11.0 Å². The summed E-state index contributed by atoms with van der Waals surface area (Å²) in [5.41, 5.74) is -0.289. The zero-order valence-electron chi connectivity index (χ0n) is 12.7. The number of piperazine rings is 1. The topological polar surface area (TPSA) is 49.4 Å². The van der Waals surface area contributed by atoms with E-state index < -0.39 is 40.9 Å². The number of hydrogen-bond donors (Lipinski definition) is 1. The van der Waals surface area contributed by atoms with Crippen molar-refractivity contribution in [2.75, 3.05) is 13.1 Å². The highest BCUT2D eigenvalue weighted by atomic mass is 35.5. The number of nitrogens with one attached hydrogen (secondary N) is 1. The summed E-state index contributed by atoms with van der Waals surface area (Å²) in [6.45, 7) is 0.218. The van der Waals surface area contributed by atoms with E-state index in [9.17, 15) is 22.8 Å². The van der Waals surface area contributed by atoms with Crippen molar-refractivity contribution in [1.82, 2.24) is 10.2 Å². The van der Waals surface area contributed by atoms with Crippen molar-refractivity contribution in [3.8, 4) is 0 Å². The number of hydrogen-bond acceptors (Lipinski definition) is 2. The summed E-state index contributed by atoms with van der Waals surface area (Å²) in [4.78, 5) is 26.1. The molecule has 1 N–H and O–H groups in total. The van der Waals surface area contributed by atoms with E-state index in [1.807, 2.05) is 0 Å². The number of amides is 2. The molecule has 4 nitrogen and oxygen atoms in total. The zero-order chi connectivity index (χ0) is 18.1. The van der Waals surface area contributed by atoms with Crippen LogP contribution in [0.5, 0.6) is 0 Å². The molecule has 0 saturated carbocycles. The smallest absolute Gasteiger partial charge is 0.257 e. The molecule has 1 heterocycles. The number of nitrogens with zero attached hydrogens (tertiary/aromatic N) is 1. The summed E-state index contributed by atoms with van der Waals surface area (Å²) in [5, 5.41) is 2.87. The SMILES string of the molecule is O=C1NCCN(C(=O)c2ccc(F)c(F)c2F)C1c1ccccc1Cl. The number of rotatable bonds is 2. The van der Waals surface area contributed by atoms with Gasteiger partial charge in [-0.25, -0.2) is 13.2 Å². The maximum Gasteiger partial charge on any atom is 0.257 e. The summed E-state index contributed by atoms with van der Waals surface area (Å²) in [5.74, 6) is -6.13. The van der Waals surface area contributed by atoms with Gasteiger partial charge in [0.2, 0.25) is 5.91 Å². The van der Waals surface area contributed by atoms with E-state index in [4.69, 9.17) is 11.6 Å². The van der Waals surface area contributed by atoms with Crippen LogP contribution in [0.3, 0.4) is 0 Å². The zero-order valence-corrected chi connectivity index (χ0v) is 13.5. The molecule has 130 valence electrons. The molecule has 1 unspecified atom stereocenters. The third-order valence-corrected chi connectivity index (χ3v) is 4.28. The van der Waals surface area contributed by atoms with Crippen molar-refractivity contribution in [2.45, 2.75) is 6.04 Å². The van der Waals surface area contributed by atoms with E-state index >= 15 is 0 Å². The lowest BCUT2D eigenvalue weighted by Gasteiger charge is -2.35. The lowest BCUT2D eigenvalue weighted by molar-refractivity contribution is -0.128. The normalized spacial score (nSPS) is 17.4. The Bertz CT molecular complexity index is 860. The van der Waals surface area contributed by atoms with Crippen LogP contribution in [0.1, 0.15) is 22.0 Å². The van der Waals surface area contributed by atoms with Gasteiger partial charge >= 0.3 is 0 Å². The first kappa shape index (κ1) is 17.3. The average molecular weight is 369 g/mol. The fourth-order valence-corrected chi connectivity index (χ4v) is 2.98. The molecule has 3 rings (SSSR count). The van der Waals surface area contributed by atoms with Gasteiger partial charge in [0.1, 0.15) is 6.04 Å². The molecule has 1 saturated heterocycles. The molecule has 0 bridgehead atoms. The molecule has 2 amide bonds. The van der Waals surface area contributed by atoms with E-state index in [1.165, 1.54) is 0 Å². The molecular weight excluding hydrogens is 357 g/mol. The van der Waals surface area contributed by atoms with Gasteiger partial charge in [-0.2, -0.15) is 0 Å². The van der Waals surface area contributed by atoms with Gasteiger partial charge in [-0.3, -0.25) is 9.59 Å². The number of halogens is 4. The van der Waals surface area contributed by atoms with Crippen molar-refractivity contribution in [3.05, 3.63) is 70.0 Å². The first-order valence-electron chi connectivity index (χ1n) is 7.38. The molecule has 1 aliphatic heterocycles. The summed E-state index contributed by atoms with van der Waals surface area (Å²) in [6.07, 6.45) is 0. The van der Waals surface area contributed by atoms with Gasteiger partial charge < -0.3 is 10.2 Å². The van der Waals surface area contributed by atoms with E-state index in [2.05, 4.69) is 5.32 Å². The van der Waals surface area contributed by atoms with Gasteiger partial charge in [-0.1, -0.05) is 29.8 Å². The first-order valence-corrected chi connectivity index (χ1v) is 7.76. The molecule has 0 aliphatic carbocycles. The second-order valence-electron chi connectivity index (χ2n) is 5.44. The van der Waals surface area contributed by atoms with Crippen molar-refractivity contribution in [3.63, 3.8) is 0 Å². The highest BCUT2D eigenvalue weighted by Crippen LogP contribution is 2.31. The Morgan fingerprint density at radius 3 is 2.56 bits per heavy atom. The van der Waals surface area contributed by atoms with Crippen LogP contribution in [-0.2, 0) is 4.79 Å². The summed E-state index contributed by atoms with van der Waals surface area (Å²) >= 11 is 6.11. The van der Waals surface area contributed by atoms with Gasteiger partial charge in [0.15, 0.2) is 17.5 Å². The second kappa shape index (κ2) is 6.76. The predicted octanol–water partition coefficient (Wildman–Crippen LogP) is 3.07. The predicted molar refractivity (Wildman–Crippen MR) is 84.6 cm³/mol. The molecule has 2 aromatic rings. The van der Waals surface area contributed by atoms with Crippen LogP contribution < -0.4 is 5.32 Å². The first-order chi connectivity index (χ1) is 11.9. The second-order valence-corrected chi connectivity index (χ2v) is 5.84. The van der Waals surface area contributed by atoms with Crippen LogP contribution in [0.25, 0.3) is 0 Å². The molecule has 1 atom stereocenters. The Kier molecular flexibility index (Phi) is 4.67. The minimum absolute atomic E-state index is 0.0684. The summed E-state index contributed by atoms with van der Waals surface area (Å²) in [6, 6.07) is 6.85. The number of benzene rings is 2. The summed E-state index contributed by atoms with van der Waals surface area (Å²) in [7, 11) is 0. The largest absolute Gasteiger partial charge is 0.352 e. The van der Waals surface area contributed by atoms with Gasteiger partial charge in [0.05, 0.1) is 5.56 Å². The van der Waals surface area contributed by atoms with Crippen LogP contribution in [0.2, 0.25) is 5.02 Å². The van der Waals surface area contributed by atoms with E-state index in [-0.39, 0.29) is 18.1 Å². The van der Waals surface area contributed by atoms with Gasteiger partial charge in [-0.05, 0) is 18.2 Å². The third-order valence-electron chi connectivity index (χ3n) is 3.94. The van der Waals surface area contributed by atoms with Crippen molar-refractivity contribution >= 4 is 23.4 Å². The quantitative estimate of drug-likeness (QED) is 0.828. The minimum atomic E-state index is -1.73. The maximum atomic E-state index is 14.0. The maximum absolute atomic E-state index is 14.0. The van der Waals surface area contributed by atoms with Crippen molar-refractivity contribution in [1.29, 1.82) is 0 Å². The molecule has 0 radical (unpaired) electrons. The van der Waals surface area contributed by atoms with Crippen LogP contribution in [-0.4, -0.2) is 29.8 Å². The molecule has 25 heavy (non-hydrogen) atoms. The molecule has 0 spiro atoms. The average Bonchev–Trinajstić information content (AvgIpc) is 2.60. The van der Waals surface area contributed by atoms with Crippen molar-refractivity contribution in [2.24, 2.45) is 0 Å². The van der Waals surface area contributed by atoms with Crippen LogP contribution in [0, 0.1) is 17.5 Å². The Balaban J connectivity index is 2.04. The fourth-order valence-electron chi connectivity index (χ4n) is 2.74. The molecule has 2 aromatic carbocycles. The lowest BCUT2D eigenvalue weighted by atomic mass is 10.0. The van der Waals surface area contributed by atoms with E-state index in [1.54, 1.807) is 24.3 Å². The van der Waals surface area contributed by atoms with Crippen LogP contribution in [0.4, 0.5) is 13.2 Å². The molecule has 1 fully saturated rings. The standard InChI is InChI=1S/C17H12ClF3N2O2/c18-11-4-2-1-3-9(11)15-16(24)22-7-8-23(15)17(25)10-5-6-12(19)14(21)13(10)20/h1-6,15H,7-8H2,(H,22,24). The van der Waals surface area contributed by atoms with Crippen molar-refractivity contribution < 1.29 is 22.8 Å². The van der Waals surface area contributed by atoms with Gasteiger partial charge in [0.25, 0.3) is 5.91 Å². The Hall–Kier alpha value is -2.54. The molecular formula is C17H12ClF3N2O2. The highest BCUT2D eigenvalue weighted by Gasteiger charge is 2.37. The molecule has 1 aliphatic rings. The summed E-state index contributed by atoms with van der Waals surface area (Å²) < 4.78 is 40.5. The monoisotopic (exact) mass is 368 g/mol. The van der Waals surface area contributed by atoms with Gasteiger partial charge in [-0.15, -0.1) is 0 Å². The van der Waals surface area contributed by atoms with Gasteiger partial charge in [0, 0.05) is 23.7 Å². The molecule has 0 aromatic heterocycles. The fraction of sp³-hybridized carbons (Fsp3) is 0.176. The lowest BCUT2D eigenvalue weighted by Crippen LogP contribution is -2.52. The van der Waals surface area contributed by atoms with Crippen LogP contribution >= 0.6 is 11.6 Å². The van der Waals surface area contributed by atoms with Crippen LogP contribution in [0.15, 0.2) is 36.4 Å². The third kappa shape index (κ3) is 3.07. The minimum Gasteiger partial charge on any atom is -0.352 e.